The van der Waals surface area contributed by atoms with Gasteiger partial charge in [0.15, 0.2) is 5.82 Å². The van der Waals surface area contributed by atoms with E-state index >= 15 is 0 Å². The molecule has 7 nitrogen and oxygen atoms in total. The number of rotatable bonds is 10. The summed E-state index contributed by atoms with van der Waals surface area (Å²) in [6.07, 6.45) is 0. The lowest BCUT2D eigenvalue weighted by Gasteiger charge is -2.22. The van der Waals surface area contributed by atoms with Gasteiger partial charge >= 0.3 is 0 Å². The fraction of sp³-hybridized carbons (Fsp3) is 0.286. The predicted octanol–water partition coefficient (Wildman–Crippen LogP) is 3.25. The first-order chi connectivity index (χ1) is 14.2. The summed E-state index contributed by atoms with van der Waals surface area (Å²) in [6, 6.07) is 17.5. The molecular weight excluding hydrogens is 388 g/mol. The molecule has 1 heterocycles. The lowest BCUT2D eigenvalue weighted by molar-refractivity contribution is -0.129. The minimum Gasteiger partial charge on any atom is -0.497 e. The van der Waals surface area contributed by atoms with Gasteiger partial charge in [0.05, 0.1) is 19.5 Å². The van der Waals surface area contributed by atoms with E-state index in [0.29, 0.717) is 30.7 Å². The molecule has 3 aromatic rings. The molecule has 1 N–H and O–H groups in total. The first kappa shape index (κ1) is 20.9. The fourth-order valence-corrected chi connectivity index (χ4v) is 3.40. The molecule has 0 unspecified atom stereocenters. The zero-order valence-corrected chi connectivity index (χ0v) is 17.3. The van der Waals surface area contributed by atoms with Crippen LogP contribution in [0.15, 0.2) is 59.8 Å². The quantitative estimate of drug-likeness (QED) is 0.515. The van der Waals surface area contributed by atoms with Gasteiger partial charge < -0.3 is 14.4 Å². The molecule has 8 heteroatoms. The average molecular weight is 413 g/mol. The SMILES string of the molecule is COCCN(Cc1ccccc1)C(=O)CSc1n[nH]c(-c2ccc(OC)cc2)n1. The molecule has 3 rings (SSSR count). The standard InChI is InChI=1S/C21H24N4O3S/c1-27-13-12-25(14-16-6-4-3-5-7-16)19(26)15-29-21-22-20(23-24-21)17-8-10-18(28-2)11-9-17/h3-11H,12-15H2,1-2H3,(H,22,23,24). The van der Waals surface area contributed by atoms with Crippen LogP contribution in [0, 0.1) is 0 Å². The van der Waals surface area contributed by atoms with Gasteiger partial charge in [0.2, 0.25) is 11.1 Å². The summed E-state index contributed by atoms with van der Waals surface area (Å²) < 4.78 is 10.3. The van der Waals surface area contributed by atoms with Crippen LogP contribution < -0.4 is 4.74 Å². The topological polar surface area (TPSA) is 80.3 Å². The Kier molecular flexibility index (Phi) is 7.66. The predicted molar refractivity (Wildman–Crippen MR) is 113 cm³/mol. The second-order valence-electron chi connectivity index (χ2n) is 6.28. The average Bonchev–Trinajstić information content (AvgIpc) is 3.25. The van der Waals surface area contributed by atoms with Gasteiger partial charge in [-0.05, 0) is 29.8 Å². The Hall–Kier alpha value is -2.84. The summed E-state index contributed by atoms with van der Waals surface area (Å²) in [5.41, 5.74) is 1.99. The summed E-state index contributed by atoms with van der Waals surface area (Å²) in [5, 5.41) is 7.67. The molecule has 29 heavy (non-hydrogen) atoms. The Labute approximate surface area is 174 Å². The van der Waals surface area contributed by atoms with Gasteiger partial charge in [-0.3, -0.25) is 9.89 Å². The van der Waals surface area contributed by atoms with Crippen LogP contribution in [0.25, 0.3) is 11.4 Å². The number of aromatic nitrogens is 3. The van der Waals surface area contributed by atoms with E-state index in [9.17, 15) is 4.79 Å². The molecule has 0 aliphatic heterocycles. The van der Waals surface area contributed by atoms with Gasteiger partial charge in [-0.15, -0.1) is 5.10 Å². The van der Waals surface area contributed by atoms with Gasteiger partial charge in [0.1, 0.15) is 5.75 Å². The van der Waals surface area contributed by atoms with E-state index in [1.165, 1.54) is 11.8 Å². The molecule has 0 aliphatic carbocycles. The van der Waals surface area contributed by atoms with Crippen LogP contribution >= 0.6 is 11.8 Å². The third kappa shape index (κ3) is 6.07. The maximum Gasteiger partial charge on any atom is 0.233 e. The first-order valence-corrected chi connectivity index (χ1v) is 10.2. The number of carbonyl (C=O) groups is 1. The second-order valence-corrected chi connectivity index (χ2v) is 7.22. The molecule has 0 fully saturated rings. The lowest BCUT2D eigenvalue weighted by atomic mass is 10.2. The highest BCUT2D eigenvalue weighted by atomic mass is 32.2. The van der Waals surface area contributed by atoms with E-state index in [0.717, 1.165) is 16.9 Å². The fourth-order valence-electron chi connectivity index (χ4n) is 2.70. The number of amides is 1. The van der Waals surface area contributed by atoms with Crippen molar-refractivity contribution in [2.24, 2.45) is 0 Å². The van der Waals surface area contributed by atoms with Gasteiger partial charge in [0, 0.05) is 25.8 Å². The number of hydrogen-bond acceptors (Lipinski definition) is 6. The Morgan fingerprint density at radius 1 is 1.10 bits per heavy atom. The van der Waals surface area contributed by atoms with Gasteiger partial charge in [0.25, 0.3) is 0 Å². The molecule has 0 radical (unpaired) electrons. The number of nitrogens with zero attached hydrogens (tertiary/aromatic N) is 3. The van der Waals surface area contributed by atoms with Crippen molar-refractivity contribution in [3.8, 4) is 17.1 Å². The maximum absolute atomic E-state index is 12.7. The number of H-pyrrole nitrogens is 1. The summed E-state index contributed by atoms with van der Waals surface area (Å²) in [4.78, 5) is 19.0. The zero-order valence-electron chi connectivity index (χ0n) is 16.5. The van der Waals surface area contributed by atoms with E-state index in [4.69, 9.17) is 9.47 Å². The largest absolute Gasteiger partial charge is 0.497 e. The number of hydrogen-bond donors (Lipinski definition) is 1. The summed E-state index contributed by atoms with van der Waals surface area (Å²) in [6.45, 7) is 1.58. The van der Waals surface area contributed by atoms with Crippen LogP contribution in [0.5, 0.6) is 5.75 Å². The van der Waals surface area contributed by atoms with Crippen LogP contribution in [0.4, 0.5) is 0 Å². The van der Waals surface area contributed by atoms with Crippen LogP contribution in [0.2, 0.25) is 0 Å². The highest BCUT2D eigenvalue weighted by molar-refractivity contribution is 7.99. The molecule has 0 saturated carbocycles. The molecule has 1 aromatic heterocycles. The van der Waals surface area contributed by atoms with Crippen molar-refractivity contribution >= 4 is 17.7 Å². The van der Waals surface area contributed by atoms with E-state index < -0.39 is 0 Å². The molecule has 1 amide bonds. The second kappa shape index (κ2) is 10.6. The number of aromatic amines is 1. The number of ether oxygens (including phenoxy) is 2. The van der Waals surface area contributed by atoms with Crippen LogP contribution in [0.3, 0.4) is 0 Å². The lowest BCUT2D eigenvalue weighted by Crippen LogP contribution is -2.34. The van der Waals surface area contributed by atoms with Crippen molar-refractivity contribution in [3.05, 3.63) is 60.2 Å². The molecule has 0 aliphatic rings. The van der Waals surface area contributed by atoms with Crippen LogP contribution in [-0.4, -0.2) is 59.1 Å². The maximum atomic E-state index is 12.7. The van der Waals surface area contributed by atoms with Gasteiger partial charge in [-0.1, -0.05) is 42.1 Å². The van der Waals surface area contributed by atoms with Crippen molar-refractivity contribution < 1.29 is 14.3 Å². The normalized spacial score (nSPS) is 10.7. The number of carbonyl (C=O) groups excluding carboxylic acids is 1. The van der Waals surface area contributed by atoms with Crippen molar-refractivity contribution in [2.45, 2.75) is 11.7 Å². The van der Waals surface area contributed by atoms with E-state index in [1.54, 1.807) is 19.1 Å². The minimum absolute atomic E-state index is 0.0201. The minimum atomic E-state index is 0.0201. The molecule has 0 atom stereocenters. The summed E-state index contributed by atoms with van der Waals surface area (Å²) >= 11 is 1.31. The molecule has 0 saturated heterocycles. The van der Waals surface area contributed by atoms with E-state index in [1.807, 2.05) is 54.6 Å². The van der Waals surface area contributed by atoms with Crippen molar-refractivity contribution in [1.82, 2.24) is 20.1 Å². The number of nitrogens with one attached hydrogen (secondary N) is 1. The van der Waals surface area contributed by atoms with Gasteiger partial charge in [-0.2, -0.15) is 0 Å². The molecule has 0 bridgehead atoms. The number of methoxy groups -OCH3 is 2. The highest BCUT2D eigenvalue weighted by Gasteiger charge is 2.16. The number of thioether (sulfide) groups is 1. The highest BCUT2D eigenvalue weighted by Crippen LogP contribution is 2.22. The Balaban J connectivity index is 1.59. The number of benzene rings is 2. The van der Waals surface area contributed by atoms with Gasteiger partial charge in [-0.25, -0.2) is 4.98 Å². The first-order valence-electron chi connectivity index (χ1n) is 9.20. The monoisotopic (exact) mass is 412 g/mol. The van der Waals surface area contributed by atoms with Crippen molar-refractivity contribution in [2.75, 3.05) is 33.1 Å². The van der Waals surface area contributed by atoms with Crippen LogP contribution in [0.1, 0.15) is 5.56 Å². The zero-order chi connectivity index (χ0) is 20.5. The van der Waals surface area contributed by atoms with Crippen LogP contribution in [-0.2, 0) is 16.1 Å². The van der Waals surface area contributed by atoms with Crippen molar-refractivity contribution in [3.63, 3.8) is 0 Å². The summed E-state index contributed by atoms with van der Waals surface area (Å²) in [7, 11) is 3.26. The Bertz CT molecular complexity index is 900. The van der Waals surface area contributed by atoms with E-state index in [-0.39, 0.29) is 11.7 Å². The Morgan fingerprint density at radius 2 is 1.86 bits per heavy atom. The Morgan fingerprint density at radius 3 is 2.55 bits per heavy atom. The third-order valence-corrected chi connectivity index (χ3v) is 5.12. The van der Waals surface area contributed by atoms with E-state index in [2.05, 4.69) is 15.2 Å². The smallest absolute Gasteiger partial charge is 0.233 e. The summed E-state index contributed by atoms with van der Waals surface area (Å²) in [5.74, 6) is 1.72. The third-order valence-electron chi connectivity index (χ3n) is 4.29. The molecule has 2 aromatic carbocycles. The molecule has 0 spiro atoms. The molecule has 152 valence electrons. The van der Waals surface area contributed by atoms with Crippen molar-refractivity contribution in [1.29, 1.82) is 0 Å². The molecular formula is C21H24N4O3S.